The number of hydrogen-bond donors (Lipinski definition) is 1. The molecule has 6 nitrogen and oxygen atoms in total. The maximum atomic E-state index is 12.9. The maximum absolute atomic E-state index is 12.9. The molecule has 0 fully saturated rings. The summed E-state index contributed by atoms with van der Waals surface area (Å²) in [6, 6.07) is 11.2. The standard InChI is InChI=1S/C18H14FN3O3/c19-14-4-1-12(2-5-14)9-22-10-15(8-20-22)21-18(23)13-3-6-16-17(7-13)25-11-24-16/h1-8,10H,9,11H2,(H,21,23). The van der Waals surface area contributed by atoms with Gasteiger partial charge in [0.1, 0.15) is 5.82 Å². The molecule has 1 aliphatic heterocycles. The second-order valence-electron chi connectivity index (χ2n) is 5.58. The minimum atomic E-state index is -0.277. The van der Waals surface area contributed by atoms with Crippen LogP contribution in [0.1, 0.15) is 15.9 Å². The van der Waals surface area contributed by atoms with Gasteiger partial charge in [0, 0.05) is 11.8 Å². The van der Waals surface area contributed by atoms with Crippen molar-refractivity contribution in [3.8, 4) is 11.5 Å². The zero-order valence-electron chi connectivity index (χ0n) is 13.1. The monoisotopic (exact) mass is 339 g/mol. The molecule has 0 bridgehead atoms. The van der Waals surface area contributed by atoms with Crippen LogP contribution in [0.3, 0.4) is 0 Å². The second kappa shape index (κ2) is 6.27. The molecule has 1 aromatic heterocycles. The molecule has 126 valence electrons. The van der Waals surface area contributed by atoms with Crippen LogP contribution in [-0.4, -0.2) is 22.5 Å². The van der Waals surface area contributed by atoms with E-state index in [1.807, 2.05) is 0 Å². The molecule has 25 heavy (non-hydrogen) atoms. The molecule has 4 rings (SSSR count). The molecular weight excluding hydrogens is 325 g/mol. The Bertz CT molecular complexity index is 922. The maximum Gasteiger partial charge on any atom is 0.255 e. The first-order valence-electron chi connectivity index (χ1n) is 7.65. The Balaban J connectivity index is 1.43. The molecule has 1 aliphatic rings. The molecule has 7 heteroatoms. The van der Waals surface area contributed by atoms with Gasteiger partial charge in [-0.2, -0.15) is 5.10 Å². The molecule has 3 aromatic rings. The fourth-order valence-corrected chi connectivity index (χ4v) is 2.53. The fraction of sp³-hybridized carbons (Fsp3) is 0.111. The molecule has 0 atom stereocenters. The van der Waals surface area contributed by atoms with E-state index in [1.54, 1.807) is 47.4 Å². The van der Waals surface area contributed by atoms with Gasteiger partial charge in [-0.15, -0.1) is 0 Å². The highest BCUT2D eigenvalue weighted by Gasteiger charge is 2.16. The van der Waals surface area contributed by atoms with Crippen LogP contribution in [-0.2, 0) is 6.54 Å². The highest BCUT2D eigenvalue weighted by molar-refractivity contribution is 6.04. The molecule has 0 radical (unpaired) electrons. The number of benzene rings is 2. The number of amides is 1. The van der Waals surface area contributed by atoms with Crippen molar-refractivity contribution in [2.24, 2.45) is 0 Å². The SMILES string of the molecule is O=C(Nc1cnn(Cc2ccc(F)cc2)c1)c1ccc2c(c1)OCO2. The lowest BCUT2D eigenvalue weighted by Crippen LogP contribution is -2.11. The van der Waals surface area contributed by atoms with Crippen molar-refractivity contribution in [2.75, 3.05) is 12.1 Å². The summed E-state index contributed by atoms with van der Waals surface area (Å²) in [7, 11) is 0. The van der Waals surface area contributed by atoms with E-state index in [-0.39, 0.29) is 18.5 Å². The molecule has 0 spiro atoms. The van der Waals surface area contributed by atoms with E-state index < -0.39 is 0 Å². The lowest BCUT2D eigenvalue weighted by Gasteiger charge is -2.04. The molecule has 0 aliphatic carbocycles. The Morgan fingerprint density at radius 2 is 1.96 bits per heavy atom. The number of rotatable bonds is 4. The summed E-state index contributed by atoms with van der Waals surface area (Å²) in [6.07, 6.45) is 3.28. The summed E-state index contributed by atoms with van der Waals surface area (Å²) in [6.45, 7) is 0.650. The number of anilines is 1. The summed E-state index contributed by atoms with van der Waals surface area (Å²) in [5.74, 6) is 0.642. The predicted molar refractivity (Wildman–Crippen MR) is 88.2 cm³/mol. The van der Waals surface area contributed by atoms with E-state index in [4.69, 9.17) is 9.47 Å². The van der Waals surface area contributed by atoms with Crippen LogP contribution in [0.25, 0.3) is 0 Å². The molecule has 0 unspecified atom stereocenters. The van der Waals surface area contributed by atoms with Crippen molar-refractivity contribution in [2.45, 2.75) is 6.54 Å². The van der Waals surface area contributed by atoms with Crippen LogP contribution in [0.5, 0.6) is 11.5 Å². The quantitative estimate of drug-likeness (QED) is 0.793. The zero-order chi connectivity index (χ0) is 17.2. The number of nitrogens with zero attached hydrogens (tertiary/aromatic N) is 2. The van der Waals surface area contributed by atoms with E-state index in [9.17, 15) is 9.18 Å². The molecular formula is C18H14FN3O3. The first-order valence-corrected chi connectivity index (χ1v) is 7.65. The topological polar surface area (TPSA) is 65.4 Å². The van der Waals surface area contributed by atoms with Crippen molar-refractivity contribution >= 4 is 11.6 Å². The average molecular weight is 339 g/mol. The van der Waals surface area contributed by atoms with Gasteiger partial charge in [0.05, 0.1) is 18.4 Å². The van der Waals surface area contributed by atoms with Gasteiger partial charge in [-0.05, 0) is 35.9 Å². The van der Waals surface area contributed by atoms with E-state index >= 15 is 0 Å². The van der Waals surface area contributed by atoms with Crippen molar-refractivity contribution in [1.82, 2.24) is 9.78 Å². The minimum Gasteiger partial charge on any atom is -0.454 e. The third-order valence-electron chi connectivity index (χ3n) is 3.78. The molecule has 1 amide bonds. The van der Waals surface area contributed by atoms with Gasteiger partial charge in [-0.1, -0.05) is 12.1 Å². The van der Waals surface area contributed by atoms with Crippen LogP contribution >= 0.6 is 0 Å². The van der Waals surface area contributed by atoms with E-state index in [0.29, 0.717) is 29.3 Å². The van der Waals surface area contributed by atoms with Gasteiger partial charge in [-0.3, -0.25) is 9.48 Å². The first-order chi connectivity index (χ1) is 12.2. The Morgan fingerprint density at radius 1 is 1.16 bits per heavy atom. The van der Waals surface area contributed by atoms with Gasteiger partial charge >= 0.3 is 0 Å². The lowest BCUT2D eigenvalue weighted by atomic mass is 10.2. The average Bonchev–Trinajstić information content (AvgIpc) is 3.25. The predicted octanol–water partition coefficient (Wildman–Crippen LogP) is 3.05. The Morgan fingerprint density at radius 3 is 2.80 bits per heavy atom. The van der Waals surface area contributed by atoms with Crippen LogP contribution in [0, 0.1) is 5.82 Å². The highest BCUT2D eigenvalue weighted by atomic mass is 19.1. The lowest BCUT2D eigenvalue weighted by molar-refractivity contribution is 0.102. The van der Waals surface area contributed by atoms with Gasteiger partial charge in [0.15, 0.2) is 11.5 Å². The number of ether oxygens (including phenoxy) is 2. The summed E-state index contributed by atoms with van der Waals surface area (Å²) in [5, 5.41) is 6.99. The third kappa shape index (κ3) is 3.30. The van der Waals surface area contributed by atoms with Gasteiger partial charge in [-0.25, -0.2) is 4.39 Å². The van der Waals surface area contributed by atoms with Crippen molar-refractivity contribution < 1.29 is 18.7 Å². The summed E-state index contributed by atoms with van der Waals surface area (Å²) >= 11 is 0. The molecule has 0 saturated heterocycles. The van der Waals surface area contributed by atoms with Gasteiger partial charge in [0.2, 0.25) is 6.79 Å². The largest absolute Gasteiger partial charge is 0.454 e. The first kappa shape index (κ1) is 15.2. The van der Waals surface area contributed by atoms with Crippen LogP contribution < -0.4 is 14.8 Å². The smallest absolute Gasteiger partial charge is 0.255 e. The molecule has 2 aromatic carbocycles. The molecule has 1 N–H and O–H groups in total. The third-order valence-corrected chi connectivity index (χ3v) is 3.78. The van der Waals surface area contributed by atoms with E-state index in [2.05, 4.69) is 10.4 Å². The van der Waals surface area contributed by atoms with Crippen molar-refractivity contribution in [3.05, 3.63) is 71.8 Å². The Kier molecular flexibility index (Phi) is 3.81. The number of carbonyl (C=O) groups is 1. The van der Waals surface area contributed by atoms with Crippen LogP contribution in [0.4, 0.5) is 10.1 Å². The summed E-state index contributed by atoms with van der Waals surface area (Å²) in [4.78, 5) is 12.3. The van der Waals surface area contributed by atoms with Crippen LogP contribution in [0.2, 0.25) is 0 Å². The number of hydrogen-bond acceptors (Lipinski definition) is 4. The number of nitrogens with one attached hydrogen (secondary N) is 1. The highest BCUT2D eigenvalue weighted by Crippen LogP contribution is 2.32. The summed E-state index contributed by atoms with van der Waals surface area (Å²) < 4.78 is 25.1. The van der Waals surface area contributed by atoms with E-state index in [0.717, 1.165) is 5.56 Å². The fourth-order valence-electron chi connectivity index (χ4n) is 2.53. The van der Waals surface area contributed by atoms with Crippen molar-refractivity contribution in [1.29, 1.82) is 0 Å². The van der Waals surface area contributed by atoms with Gasteiger partial charge in [0.25, 0.3) is 5.91 Å². The van der Waals surface area contributed by atoms with Crippen molar-refractivity contribution in [3.63, 3.8) is 0 Å². The summed E-state index contributed by atoms with van der Waals surface area (Å²) in [5.41, 5.74) is 1.96. The number of carbonyl (C=O) groups excluding carboxylic acids is 1. The Hall–Kier alpha value is -3.35. The molecule has 0 saturated carbocycles. The number of fused-ring (bicyclic) bond motifs is 1. The van der Waals surface area contributed by atoms with E-state index in [1.165, 1.54) is 12.1 Å². The van der Waals surface area contributed by atoms with Gasteiger partial charge < -0.3 is 14.8 Å². The molecule has 2 heterocycles. The minimum absolute atomic E-state index is 0.163. The number of halogens is 1. The van der Waals surface area contributed by atoms with Crippen LogP contribution in [0.15, 0.2) is 54.9 Å². The zero-order valence-corrected chi connectivity index (χ0v) is 13.1. The number of aromatic nitrogens is 2. The normalized spacial score (nSPS) is 12.2. The Labute approximate surface area is 142 Å². The second-order valence-corrected chi connectivity index (χ2v) is 5.58.